The summed E-state index contributed by atoms with van der Waals surface area (Å²) in [5.74, 6) is 0.703. The zero-order valence-corrected chi connectivity index (χ0v) is 23.9. The van der Waals surface area contributed by atoms with Gasteiger partial charge in [0.25, 0.3) is 0 Å². The Labute approximate surface area is 247 Å². The van der Waals surface area contributed by atoms with Crippen LogP contribution in [0.25, 0.3) is 5.69 Å². The first-order chi connectivity index (χ1) is 19.7. The Morgan fingerprint density at radius 1 is 0.951 bits per heavy atom. The zero-order valence-electron chi connectivity index (χ0n) is 22.4. The minimum absolute atomic E-state index is 0.356. The van der Waals surface area contributed by atoms with Gasteiger partial charge in [-0.05, 0) is 91.6 Å². The van der Waals surface area contributed by atoms with Crippen LogP contribution in [0.3, 0.4) is 0 Å². The molecule has 2 aliphatic rings. The Kier molecular flexibility index (Phi) is 7.42. The molecule has 0 radical (unpaired) electrons. The molecule has 10 heteroatoms. The minimum Gasteiger partial charge on any atom is -0.370 e. The van der Waals surface area contributed by atoms with Crippen molar-refractivity contribution in [3.05, 3.63) is 107 Å². The van der Waals surface area contributed by atoms with Gasteiger partial charge in [0.1, 0.15) is 6.04 Å². The van der Waals surface area contributed by atoms with Gasteiger partial charge in [0.15, 0.2) is 5.11 Å². The summed E-state index contributed by atoms with van der Waals surface area (Å²) in [5, 5.41) is 4.54. The quantitative estimate of drug-likeness (QED) is 0.237. The number of benzene rings is 2. The van der Waals surface area contributed by atoms with Crippen molar-refractivity contribution < 1.29 is 13.2 Å². The lowest BCUT2D eigenvalue weighted by Crippen LogP contribution is -2.33. The van der Waals surface area contributed by atoms with E-state index in [4.69, 9.17) is 23.8 Å². The van der Waals surface area contributed by atoms with E-state index < -0.39 is 17.8 Å². The summed E-state index contributed by atoms with van der Waals surface area (Å²) in [5.41, 5.74) is 3.02. The average Bonchev–Trinajstić information content (AvgIpc) is 3.58. The summed E-state index contributed by atoms with van der Waals surface area (Å²) < 4.78 is 42.5. The molecule has 2 aliphatic heterocycles. The summed E-state index contributed by atoms with van der Waals surface area (Å²) in [6.45, 7) is 4.19. The molecule has 212 valence electrons. The molecule has 5 nitrogen and oxygen atoms in total. The highest BCUT2D eigenvalue weighted by molar-refractivity contribution is 7.80. The van der Waals surface area contributed by atoms with Crippen LogP contribution >= 0.6 is 23.8 Å². The van der Waals surface area contributed by atoms with E-state index in [1.165, 1.54) is 6.07 Å². The monoisotopic (exact) mass is 595 g/mol. The van der Waals surface area contributed by atoms with Crippen LogP contribution in [0, 0.1) is 5.92 Å². The lowest BCUT2D eigenvalue weighted by Gasteiger charge is -2.33. The molecule has 2 saturated heterocycles. The normalized spacial score (nSPS) is 20.0. The van der Waals surface area contributed by atoms with Crippen molar-refractivity contribution in [3.63, 3.8) is 0 Å². The number of nitrogens with zero attached hydrogens (tertiary/aromatic N) is 4. The van der Waals surface area contributed by atoms with Gasteiger partial charge >= 0.3 is 6.18 Å². The van der Waals surface area contributed by atoms with E-state index in [0.29, 0.717) is 21.7 Å². The molecule has 2 atom stereocenters. The number of piperidine rings is 1. The van der Waals surface area contributed by atoms with E-state index in [2.05, 4.69) is 22.1 Å². The second-order valence-electron chi connectivity index (χ2n) is 10.7. The molecule has 6 rings (SSSR count). The number of anilines is 2. The maximum Gasteiger partial charge on any atom is 0.416 e. The van der Waals surface area contributed by atoms with Crippen LogP contribution in [-0.2, 0) is 6.18 Å². The Morgan fingerprint density at radius 3 is 2.46 bits per heavy atom. The van der Waals surface area contributed by atoms with Crippen molar-refractivity contribution in [1.82, 2.24) is 14.9 Å². The number of nitrogens with one attached hydrogen (secondary N) is 1. The highest BCUT2D eigenvalue weighted by Crippen LogP contribution is 2.44. The first-order valence-corrected chi connectivity index (χ1v) is 14.4. The standard InChI is InChI=1S/C31H29ClF3N5S/c1-20-12-16-38(17-13-20)26-11-10-23(19-24(26)32)40-29(28(37-30(40)41)25-8-2-3-14-36-25)27-9-5-15-39(27)22-7-4-6-21(18-22)31(33,34)35/h2-11,14-15,18-20,28-29H,12-13,16-17H2,1H3,(H,37,41)/t28-,29+/m1/s1. The molecule has 2 aromatic carbocycles. The fraction of sp³-hybridized carbons (Fsp3) is 0.290. The highest BCUT2D eigenvalue weighted by atomic mass is 35.5. The van der Waals surface area contributed by atoms with Crippen LogP contribution < -0.4 is 15.1 Å². The Hall–Kier alpha value is -3.56. The van der Waals surface area contributed by atoms with Gasteiger partial charge in [-0.15, -0.1) is 0 Å². The molecule has 2 fully saturated rings. The van der Waals surface area contributed by atoms with Gasteiger partial charge in [0, 0.05) is 42.6 Å². The van der Waals surface area contributed by atoms with E-state index in [9.17, 15) is 13.2 Å². The number of alkyl halides is 3. The topological polar surface area (TPSA) is 36.3 Å². The average molecular weight is 596 g/mol. The number of rotatable bonds is 5. The van der Waals surface area contributed by atoms with Crippen molar-refractivity contribution in [2.24, 2.45) is 5.92 Å². The molecule has 0 amide bonds. The van der Waals surface area contributed by atoms with Crippen LogP contribution in [0.5, 0.6) is 0 Å². The second-order valence-corrected chi connectivity index (χ2v) is 11.4. The predicted octanol–water partition coefficient (Wildman–Crippen LogP) is 7.96. The highest BCUT2D eigenvalue weighted by Gasteiger charge is 2.42. The number of thiocarbonyl (C=S) groups is 1. The fourth-order valence-electron chi connectivity index (χ4n) is 5.79. The number of hydrogen-bond acceptors (Lipinski definition) is 3. The number of pyridine rings is 1. The van der Waals surface area contributed by atoms with Gasteiger partial charge in [0.2, 0.25) is 0 Å². The number of halogens is 4. The minimum atomic E-state index is -4.45. The summed E-state index contributed by atoms with van der Waals surface area (Å²) in [7, 11) is 0. The van der Waals surface area contributed by atoms with Gasteiger partial charge < -0.3 is 19.7 Å². The lowest BCUT2D eigenvalue weighted by molar-refractivity contribution is -0.137. The van der Waals surface area contributed by atoms with Gasteiger partial charge in [-0.25, -0.2) is 0 Å². The summed E-state index contributed by atoms with van der Waals surface area (Å²) in [4.78, 5) is 8.90. The summed E-state index contributed by atoms with van der Waals surface area (Å²) in [6.07, 6.45) is 1.29. The molecular weight excluding hydrogens is 567 g/mol. The summed E-state index contributed by atoms with van der Waals surface area (Å²) >= 11 is 12.8. The third kappa shape index (κ3) is 5.40. The van der Waals surface area contributed by atoms with Crippen LogP contribution in [0.1, 0.15) is 48.8 Å². The van der Waals surface area contributed by atoms with Crippen molar-refractivity contribution in [1.29, 1.82) is 0 Å². The van der Waals surface area contributed by atoms with E-state index in [1.807, 2.05) is 53.4 Å². The first-order valence-electron chi connectivity index (χ1n) is 13.6. The van der Waals surface area contributed by atoms with Crippen LogP contribution in [0.2, 0.25) is 5.02 Å². The van der Waals surface area contributed by atoms with Crippen LogP contribution in [0.15, 0.2) is 85.2 Å². The molecule has 0 spiro atoms. The van der Waals surface area contributed by atoms with Gasteiger partial charge in [-0.1, -0.05) is 30.7 Å². The molecule has 4 aromatic rings. The molecule has 0 saturated carbocycles. The SMILES string of the molecule is CC1CCN(c2ccc(N3C(=S)N[C@H](c4ccccn4)[C@@H]3c3cccn3-c3cccc(C(F)(F)F)c3)cc2Cl)CC1. The molecule has 0 unspecified atom stereocenters. The number of hydrogen-bond donors (Lipinski definition) is 1. The third-order valence-corrected chi connectivity index (χ3v) is 8.58. The lowest BCUT2D eigenvalue weighted by atomic mass is 9.98. The first kappa shape index (κ1) is 27.6. The third-order valence-electron chi connectivity index (χ3n) is 7.97. The van der Waals surface area contributed by atoms with Gasteiger partial charge in [-0.2, -0.15) is 13.2 Å². The van der Waals surface area contributed by atoms with Crippen molar-refractivity contribution in [2.75, 3.05) is 22.9 Å². The van der Waals surface area contributed by atoms with Crippen molar-refractivity contribution >= 4 is 40.3 Å². The smallest absolute Gasteiger partial charge is 0.370 e. The van der Waals surface area contributed by atoms with E-state index in [-0.39, 0.29) is 6.04 Å². The fourth-order valence-corrected chi connectivity index (χ4v) is 6.43. The zero-order chi connectivity index (χ0) is 28.7. The molecule has 1 N–H and O–H groups in total. The Balaban J connectivity index is 1.43. The van der Waals surface area contributed by atoms with Crippen LogP contribution in [0.4, 0.5) is 24.5 Å². The Morgan fingerprint density at radius 2 is 1.76 bits per heavy atom. The Bertz CT molecular complexity index is 1550. The maximum atomic E-state index is 13.6. The molecule has 2 aromatic heterocycles. The van der Waals surface area contributed by atoms with E-state index in [1.54, 1.807) is 23.0 Å². The van der Waals surface area contributed by atoms with E-state index in [0.717, 1.165) is 60.8 Å². The predicted molar refractivity (Wildman–Crippen MR) is 161 cm³/mol. The summed E-state index contributed by atoms with van der Waals surface area (Å²) in [6, 6.07) is 19.9. The van der Waals surface area contributed by atoms with Crippen molar-refractivity contribution in [3.8, 4) is 5.69 Å². The second kappa shape index (κ2) is 11.0. The molecule has 4 heterocycles. The van der Waals surface area contributed by atoms with Gasteiger partial charge in [0.05, 0.1) is 28.0 Å². The number of aromatic nitrogens is 2. The van der Waals surface area contributed by atoms with Crippen molar-refractivity contribution in [2.45, 2.75) is 38.0 Å². The largest absolute Gasteiger partial charge is 0.416 e. The molecule has 41 heavy (non-hydrogen) atoms. The maximum absolute atomic E-state index is 13.6. The van der Waals surface area contributed by atoms with Gasteiger partial charge in [-0.3, -0.25) is 4.98 Å². The molecule has 0 bridgehead atoms. The molecule has 0 aliphatic carbocycles. The van der Waals surface area contributed by atoms with E-state index >= 15 is 0 Å². The van der Waals surface area contributed by atoms with Crippen LogP contribution in [-0.4, -0.2) is 27.8 Å². The molecular formula is C31H29ClF3N5S.